The minimum Gasteiger partial charge on any atom is -0.489 e. The van der Waals surface area contributed by atoms with Crippen LogP contribution >= 0.6 is 12.4 Å². The van der Waals surface area contributed by atoms with Gasteiger partial charge in [0.05, 0.1) is 0 Å². The largest absolute Gasteiger partial charge is 0.489 e. The zero-order chi connectivity index (χ0) is 12.1. The van der Waals surface area contributed by atoms with E-state index in [1.54, 1.807) is 18.2 Å². The van der Waals surface area contributed by atoms with E-state index in [1.165, 1.54) is 6.07 Å². The molecule has 0 amide bonds. The molecule has 2 rings (SSSR count). The first kappa shape index (κ1) is 15.2. The number of nitrogens with zero attached hydrogens (tertiary/aromatic N) is 1. The lowest BCUT2D eigenvalue weighted by Gasteiger charge is -2.33. The van der Waals surface area contributed by atoms with E-state index in [2.05, 4.69) is 17.1 Å². The number of rotatable bonds is 4. The molecule has 1 aliphatic rings. The van der Waals surface area contributed by atoms with E-state index in [0.29, 0.717) is 18.4 Å². The standard InChI is InChI=1S/C13H19FN2O.ClH/c1-11-10-15-6-7-16(11)8-9-17-13-5-3-2-4-12(13)14;/h2-5,11,15H,6-10H2,1H3;1H. The molecule has 3 nitrogen and oxygen atoms in total. The van der Waals surface area contributed by atoms with Crippen LogP contribution in [-0.2, 0) is 0 Å². The smallest absolute Gasteiger partial charge is 0.165 e. The summed E-state index contributed by atoms with van der Waals surface area (Å²) >= 11 is 0. The lowest BCUT2D eigenvalue weighted by Crippen LogP contribution is -2.50. The minimum absolute atomic E-state index is 0. The molecule has 1 N–H and O–H groups in total. The van der Waals surface area contributed by atoms with Gasteiger partial charge in [0.1, 0.15) is 6.61 Å². The molecule has 0 spiro atoms. The fraction of sp³-hybridized carbons (Fsp3) is 0.538. The number of benzene rings is 1. The molecule has 0 radical (unpaired) electrons. The normalized spacial score (nSPS) is 20.2. The molecule has 1 heterocycles. The number of para-hydroxylation sites is 1. The summed E-state index contributed by atoms with van der Waals surface area (Å²) in [6, 6.07) is 7.05. The summed E-state index contributed by atoms with van der Waals surface area (Å²) in [6.07, 6.45) is 0. The Morgan fingerprint density at radius 2 is 2.22 bits per heavy atom. The molecule has 1 aromatic rings. The van der Waals surface area contributed by atoms with Crippen LogP contribution in [0.2, 0.25) is 0 Å². The van der Waals surface area contributed by atoms with Gasteiger partial charge in [-0.05, 0) is 19.1 Å². The van der Waals surface area contributed by atoms with Gasteiger partial charge < -0.3 is 10.1 Å². The summed E-state index contributed by atoms with van der Waals surface area (Å²) in [7, 11) is 0. The van der Waals surface area contributed by atoms with Gasteiger partial charge in [0, 0.05) is 32.2 Å². The summed E-state index contributed by atoms with van der Waals surface area (Å²) in [6.45, 7) is 6.63. The van der Waals surface area contributed by atoms with E-state index in [0.717, 1.165) is 26.2 Å². The van der Waals surface area contributed by atoms with Crippen LogP contribution in [0, 0.1) is 5.82 Å². The molecule has 102 valence electrons. The molecule has 1 aliphatic heterocycles. The maximum absolute atomic E-state index is 13.3. The van der Waals surface area contributed by atoms with Crippen molar-refractivity contribution >= 4 is 12.4 Å². The summed E-state index contributed by atoms with van der Waals surface area (Å²) < 4.78 is 18.7. The van der Waals surface area contributed by atoms with Crippen molar-refractivity contribution < 1.29 is 9.13 Å². The lowest BCUT2D eigenvalue weighted by molar-refractivity contribution is 0.142. The Kier molecular flexibility index (Phi) is 6.39. The third-order valence-corrected chi connectivity index (χ3v) is 3.11. The van der Waals surface area contributed by atoms with Crippen molar-refractivity contribution in [1.82, 2.24) is 10.2 Å². The maximum Gasteiger partial charge on any atom is 0.165 e. The highest BCUT2D eigenvalue weighted by atomic mass is 35.5. The Balaban J connectivity index is 0.00000162. The first-order valence-corrected chi connectivity index (χ1v) is 6.09. The number of hydrogen-bond donors (Lipinski definition) is 1. The van der Waals surface area contributed by atoms with Crippen molar-refractivity contribution in [1.29, 1.82) is 0 Å². The van der Waals surface area contributed by atoms with Gasteiger partial charge in [-0.25, -0.2) is 4.39 Å². The molecule has 18 heavy (non-hydrogen) atoms. The second-order valence-electron chi connectivity index (χ2n) is 4.37. The van der Waals surface area contributed by atoms with Crippen LogP contribution in [0.5, 0.6) is 5.75 Å². The highest BCUT2D eigenvalue weighted by molar-refractivity contribution is 5.85. The van der Waals surface area contributed by atoms with Crippen LogP contribution in [0.15, 0.2) is 24.3 Å². The molecule has 1 unspecified atom stereocenters. The SMILES string of the molecule is CC1CNCCN1CCOc1ccccc1F.Cl. The van der Waals surface area contributed by atoms with Crippen molar-refractivity contribution in [3.8, 4) is 5.75 Å². The summed E-state index contributed by atoms with van der Waals surface area (Å²) in [5, 5.41) is 3.34. The van der Waals surface area contributed by atoms with Crippen LogP contribution in [0.3, 0.4) is 0 Å². The maximum atomic E-state index is 13.3. The van der Waals surface area contributed by atoms with Crippen molar-refractivity contribution in [3.63, 3.8) is 0 Å². The highest BCUT2D eigenvalue weighted by Gasteiger charge is 2.17. The van der Waals surface area contributed by atoms with Gasteiger partial charge in [0.25, 0.3) is 0 Å². The predicted molar refractivity (Wildman–Crippen MR) is 73.0 cm³/mol. The van der Waals surface area contributed by atoms with Crippen molar-refractivity contribution in [2.24, 2.45) is 0 Å². The fourth-order valence-corrected chi connectivity index (χ4v) is 2.05. The molecule has 1 atom stereocenters. The Hall–Kier alpha value is -0.840. The average Bonchev–Trinajstić information content (AvgIpc) is 2.34. The number of nitrogens with one attached hydrogen (secondary N) is 1. The van der Waals surface area contributed by atoms with E-state index in [1.807, 2.05) is 0 Å². The first-order valence-electron chi connectivity index (χ1n) is 6.09. The van der Waals surface area contributed by atoms with E-state index in [-0.39, 0.29) is 18.2 Å². The third kappa shape index (κ3) is 4.12. The molecule has 1 saturated heterocycles. The Morgan fingerprint density at radius 1 is 1.44 bits per heavy atom. The minimum atomic E-state index is -0.291. The van der Waals surface area contributed by atoms with E-state index in [9.17, 15) is 4.39 Å². The van der Waals surface area contributed by atoms with E-state index in [4.69, 9.17) is 4.74 Å². The van der Waals surface area contributed by atoms with Crippen molar-refractivity contribution in [2.75, 3.05) is 32.8 Å². The van der Waals surface area contributed by atoms with Gasteiger partial charge in [-0.15, -0.1) is 12.4 Å². The molecule has 1 aromatic carbocycles. The van der Waals surface area contributed by atoms with Crippen molar-refractivity contribution in [3.05, 3.63) is 30.1 Å². The number of hydrogen-bond acceptors (Lipinski definition) is 3. The van der Waals surface area contributed by atoms with Gasteiger partial charge in [-0.2, -0.15) is 0 Å². The number of halogens is 2. The Morgan fingerprint density at radius 3 is 2.94 bits per heavy atom. The molecule has 0 saturated carbocycles. The van der Waals surface area contributed by atoms with Crippen LogP contribution in [0.25, 0.3) is 0 Å². The van der Waals surface area contributed by atoms with Crippen LogP contribution < -0.4 is 10.1 Å². The molecule has 0 bridgehead atoms. The molecular weight excluding hydrogens is 255 g/mol. The summed E-state index contributed by atoms with van der Waals surface area (Å²) in [5.74, 6) is 0.0520. The fourth-order valence-electron chi connectivity index (χ4n) is 2.05. The van der Waals surface area contributed by atoms with Gasteiger partial charge >= 0.3 is 0 Å². The topological polar surface area (TPSA) is 24.5 Å². The second kappa shape index (κ2) is 7.56. The lowest BCUT2D eigenvalue weighted by atomic mass is 10.2. The third-order valence-electron chi connectivity index (χ3n) is 3.11. The molecule has 0 aliphatic carbocycles. The molecule has 1 fully saturated rings. The molecular formula is C13H20ClFN2O. The molecule has 5 heteroatoms. The van der Waals surface area contributed by atoms with Gasteiger partial charge in [0.2, 0.25) is 0 Å². The van der Waals surface area contributed by atoms with Crippen LogP contribution in [0.1, 0.15) is 6.92 Å². The highest BCUT2D eigenvalue weighted by Crippen LogP contribution is 2.15. The summed E-state index contributed by atoms with van der Waals surface area (Å²) in [4.78, 5) is 2.36. The van der Waals surface area contributed by atoms with E-state index >= 15 is 0 Å². The van der Waals surface area contributed by atoms with Gasteiger partial charge in [0.15, 0.2) is 11.6 Å². The average molecular weight is 275 g/mol. The predicted octanol–water partition coefficient (Wildman–Crippen LogP) is 1.92. The second-order valence-corrected chi connectivity index (χ2v) is 4.37. The van der Waals surface area contributed by atoms with Gasteiger partial charge in [-0.1, -0.05) is 12.1 Å². The number of ether oxygens (including phenoxy) is 1. The van der Waals surface area contributed by atoms with E-state index < -0.39 is 0 Å². The Labute approximate surface area is 114 Å². The Bertz CT molecular complexity index is 365. The number of piperazine rings is 1. The van der Waals surface area contributed by atoms with Crippen molar-refractivity contribution in [2.45, 2.75) is 13.0 Å². The summed E-state index contributed by atoms with van der Waals surface area (Å²) in [5.41, 5.74) is 0. The van der Waals surface area contributed by atoms with Crippen LogP contribution in [0.4, 0.5) is 4.39 Å². The van der Waals surface area contributed by atoms with Crippen LogP contribution in [-0.4, -0.2) is 43.7 Å². The monoisotopic (exact) mass is 274 g/mol. The first-order chi connectivity index (χ1) is 8.27. The molecule has 0 aromatic heterocycles. The zero-order valence-electron chi connectivity index (χ0n) is 10.6. The van der Waals surface area contributed by atoms with Gasteiger partial charge in [-0.3, -0.25) is 4.90 Å². The zero-order valence-corrected chi connectivity index (χ0v) is 11.4. The quantitative estimate of drug-likeness (QED) is 0.908.